The van der Waals surface area contributed by atoms with Crippen LogP contribution in [0, 0.1) is 0 Å². The number of aliphatic hydroxyl groups is 1. The zero-order valence-electron chi connectivity index (χ0n) is 24.1. The third kappa shape index (κ3) is 6.38. The molecule has 7 N–H and O–H groups in total. The Balaban J connectivity index is 1.32. The van der Waals surface area contributed by atoms with Gasteiger partial charge in [0.05, 0.1) is 38.7 Å². The molecule has 2 aromatic heterocycles. The minimum atomic E-state index is -0.272. The molecule has 1 saturated heterocycles. The Morgan fingerprint density at radius 1 is 1.02 bits per heavy atom. The topological polar surface area (TPSA) is 204 Å². The summed E-state index contributed by atoms with van der Waals surface area (Å²) in [7, 11) is 1.56. The number of nitrogens with one attached hydrogen (secondary N) is 2. The van der Waals surface area contributed by atoms with E-state index in [9.17, 15) is 5.11 Å². The number of ether oxygens (including phenoxy) is 3. The van der Waals surface area contributed by atoms with Crippen LogP contribution in [-0.2, 0) is 4.74 Å². The Kier molecular flexibility index (Phi) is 8.47. The second-order valence-corrected chi connectivity index (χ2v) is 9.99. The number of fused-ring (bicyclic) bond motifs is 1. The van der Waals surface area contributed by atoms with Crippen LogP contribution in [0.15, 0.2) is 53.5 Å². The zero-order valence-corrected chi connectivity index (χ0v) is 24.1. The Morgan fingerprint density at radius 2 is 1.84 bits per heavy atom. The largest absolute Gasteiger partial charge is 0.493 e. The first-order valence-corrected chi connectivity index (χ1v) is 14.1. The maximum absolute atomic E-state index is 9.29. The van der Waals surface area contributed by atoms with Crippen LogP contribution >= 0.6 is 0 Å². The molecule has 1 unspecified atom stereocenters. The molecule has 228 valence electrons. The van der Waals surface area contributed by atoms with Crippen LogP contribution in [0.5, 0.6) is 17.5 Å². The lowest BCUT2D eigenvalue weighted by molar-refractivity contribution is 0.122. The predicted octanol–water partition coefficient (Wildman–Crippen LogP) is 2.55. The lowest BCUT2D eigenvalue weighted by atomic mass is 9.97. The number of methoxy groups -OCH3 is 1. The lowest BCUT2D eigenvalue weighted by Gasteiger charge is -2.27. The highest BCUT2D eigenvalue weighted by atomic mass is 16.5. The van der Waals surface area contributed by atoms with Crippen LogP contribution in [0.25, 0.3) is 0 Å². The van der Waals surface area contributed by atoms with Gasteiger partial charge in [-0.2, -0.15) is 24.9 Å². The normalized spacial score (nSPS) is 16.3. The number of aromatic nitrogens is 5. The van der Waals surface area contributed by atoms with Crippen molar-refractivity contribution in [1.29, 1.82) is 0 Å². The SMILES string of the molecule is COc1cc(C2CC(c3ccccc3)=Nc3c(N)nc(N)nc3N2)ccc1Oc1nc(NCCO)nc(N2CCOCC2)n1. The van der Waals surface area contributed by atoms with Crippen LogP contribution in [0.1, 0.15) is 23.6 Å². The maximum atomic E-state index is 9.29. The number of hydrogen-bond acceptors (Lipinski definition) is 15. The minimum absolute atomic E-state index is 0.0498. The molecule has 0 radical (unpaired) electrons. The number of rotatable bonds is 9. The van der Waals surface area contributed by atoms with Gasteiger partial charge in [-0.15, -0.1) is 0 Å². The Labute approximate surface area is 253 Å². The molecule has 1 atom stereocenters. The Bertz CT molecular complexity index is 1650. The van der Waals surface area contributed by atoms with Crippen molar-refractivity contribution in [2.75, 3.05) is 73.6 Å². The fourth-order valence-corrected chi connectivity index (χ4v) is 4.93. The summed E-state index contributed by atoms with van der Waals surface area (Å²) < 4.78 is 17.4. The number of aliphatic hydroxyl groups excluding tert-OH is 1. The third-order valence-corrected chi connectivity index (χ3v) is 7.07. The van der Waals surface area contributed by atoms with Gasteiger partial charge in [-0.25, -0.2) is 4.99 Å². The van der Waals surface area contributed by atoms with E-state index < -0.39 is 0 Å². The van der Waals surface area contributed by atoms with Gasteiger partial charge in [0.1, 0.15) is 5.69 Å². The molecule has 44 heavy (non-hydrogen) atoms. The molecule has 15 nitrogen and oxygen atoms in total. The number of nitrogen functional groups attached to an aromatic ring is 2. The molecule has 0 spiro atoms. The highest BCUT2D eigenvalue weighted by molar-refractivity contribution is 6.04. The number of benzene rings is 2. The van der Waals surface area contributed by atoms with Crippen molar-refractivity contribution in [2.24, 2.45) is 4.99 Å². The molecule has 2 aromatic carbocycles. The molecular formula is C29H33N11O4. The molecule has 2 aliphatic rings. The minimum Gasteiger partial charge on any atom is -0.493 e. The second-order valence-electron chi connectivity index (χ2n) is 9.99. The van der Waals surface area contributed by atoms with E-state index in [0.717, 1.165) is 16.8 Å². The molecule has 0 aliphatic carbocycles. The molecule has 0 bridgehead atoms. The molecule has 4 heterocycles. The molecular weight excluding hydrogens is 566 g/mol. The fraction of sp³-hybridized carbons (Fsp3) is 0.310. The number of nitrogens with zero attached hydrogens (tertiary/aromatic N) is 7. The lowest BCUT2D eigenvalue weighted by Crippen LogP contribution is -2.37. The van der Waals surface area contributed by atoms with Crippen molar-refractivity contribution >= 4 is 40.9 Å². The standard InChI is InChI=1S/C29H33N11O4/c1-42-22-15-18(20-16-19(17-5-3-2-4-6-17)33-23-24(30)35-26(31)36-25(23)34-20)7-8-21(22)44-29-38-27(32-9-12-41)37-28(39-29)40-10-13-43-14-11-40/h2-8,15,20,41H,9-14,16H2,1H3,(H,32,37,38,39)(H5,30,31,34,35,36). The van der Waals surface area contributed by atoms with Crippen LogP contribution in [0.2, 0.25) is 0 Å². The van der Waals surface area contributed by atoms with Gasteiger partial charge in [0.15, 0.2) is 23.1 Å². The molecule has 15 heteroatoms. The van der Waals surface area contributed by atoms with Crippen LogP contribution in [-0.4, -0.2) is 82.3 Å². The summed E-state index contributed by atoms with van der Waals surface area (Å²) in [4.78, 5) is 28.8. The first-order valence-electron chi connectivity index (χ1n) is 14.1. The first-order chi connectivity index (χ1) is 21.5. The first kappa shape index (κ1) is 28.8. The molecule has 6 rings (SSSR count). The van der Waals surface area contributed by atoms with Crippen LogP contribution in [0.4, 0.5) is 35.2 Å². The number of aliphatic imine (C=N–C) groups is 1. The number of anilines is 5. The van der Waals surface area contributed by atoms with E-state index in [0.29, 0.717) is 61.7 Å². The van der Waals surface area contributed by atoms with Gasteiger partial charge in [0.2, 0.25) is 17.8 Å². The van der Waals surface area contributed by atoms with Gasteiger partial charge in [-0.1, -0.05) is 36.4 Å². The van der Waals surface area contributed by atoms with Gasteiger partial charge < -0.3 is 46.3 Å². The number of nitrogens with two attached hydrogens (primary N) is 2. The Hall–Kier alpha value is -5.28. The van der Waals surface area contributed by atoms with Crippen molar-refractivity contribution in [3.8, 4) is 17.5 Å². The van der Waals surface area contributed by atoms with E-state index in [1.165, 1.54) is 0 Å². The molecule has 1 fully saturated rings. The summed E-state index contributed by atoms with van der Waals surface area (Å²) in [6.45, 7) is 2.60. The Morgan fingerprint density at radius 3 is 2.61 bits per heavy atom. The van der Waals surface area contributed by atoms with Crippen molar-refractivity contribution in [3.63, 3.8) is 0 Å². The van der Waals surface area contributed by atoms with Gasteiger partial charge in [0.25, 0.3) is 0 Å². The summed E-state index contributed by atoms with van der Waals surface area (Å²) in [5.41, 5.74) is 15.2. The van der Waals surface area contributed by atoms with Crippen molar-refractivity contribution < 1.29 is 19.3 Å². The second kappa shape index (κ2) is 12.9. The molecule has 2 aliphatic heterocycles. The monoisotopic (exact) mass is 599 g/mol. The van der Waals surface area contributed by atoms with E-state index in [1.54, 1.807) is 13.2 Å². The molecule has 0 amide bonds. The van der Waals surface area contributed by atoms with E-state index in [-0.39, 0.29) is 42.9 Å². The van der Waals surface area contributed by atoms with E-state index >= 15 is 0 Å². The molecule has 4 aromatic rings. The average Bonchev–Trinajstić information content (AvgIpc) is 3.25. The average molecular weight is 600 g/mol. The van der Waals surface area contributed by atoms with Gasteiger partial charge in [-0.05, 0) is 23.3 Å². The van der Waals surface area contributed by atoms with Crippen molar-refractivity contribution in [2.45, 2.75) is 12.5 Å². The van der Waals surface area contributed by atoms with Gasteiger partial charge in [-0.3, -0.25) is 0 Å². The zero-order chi connectivity index (χ0) is 30.5. The van der Waals surface area contributed by atoms with Crippen LogP contribution in [0.3, 0.4) is 0 Å². The number of morpholine rings is 1. The van der Waals surface area contributed by atoms with Gasteiger partial charge >= 0.3 is 6.01 Å². The number of hydrogen-bond donors (Lipinski definition) is 5. The van der Waals surface area contributed by atoms with Crippen molar-refractivity contribution in [3.05, 3.63) is 59.7 Å². The predicted molar refractivity (Wildman–Crippen MR) is 166 cm³/mol. The highest BCUT2D eigenvalue weighted by Gasteiger charge is 2.26. The van der Waals surface area contributed by atoms with E-state index in [1.807, 2.05) is 47.4 Å². The summed E-state index contributed by atoms with van der Waals surface area (Å²) >= 11 is 0. The summed E-state index contributed by atoms with van der Waals surface area (Å²) in [6, 6.07) is 15.3. The van der Waals surface area contributed by atoms with E-state index in [2.05, 4.69) is 35.6 Å². The maximum Gasteiger partial charge on any atom is 0.328 e. The smallest absolute Gasteiger partial charge is 0.328 e. The summed E-state index contributed by atoms with van der Waals surface area (Å²) in [5, 5.41) is 15.7. The van der Waals surface area contributed by atoms with Crippen molar-refractivity contribution in [1.82, 2.24) is 24.9 Å². The quantitative estimate of drug-likeness (QED) is 0.188. The summed E-state index contributed by atoms with van der Waals surface area (Å²) in [6.07, 6.45) is 0.513. The summed E-state index contributed by atoms with van der Waals surface area (Å²) in [5.74, 6) is 2.29. The third-order valence-electron chi connectivity index (χ3n) is 7.07. The highest BCUT2D eigenvalue weighted by Crippen LogP contribution is 2.40. The van der Waals surface area contributed by atoms with Crippen LogP contribution < -0.4 is 36.5 Å². The molecule has 0 saturated carbocycles. The fourth-order valence-electron chi connectivity index (χ4n) is 4.93. The van der Waals surface area contributed by atoms with Gasteiger partial charge in [0, 0.05) is 26.1 Å². The van der Waals surface area contributed by atoms with E-state index in [4.69, 9.17) is 30.7 Å².